The van der Waals surface area contributed by atoms with Crippen LogP contribution >= 0.6 is 0 Å². The van der Waals surface area contributed by atoms with E-state index in [1.165, 1.54) is 12.3 Å². The molecule has 0 aliphatic rings. The second-order valence-corrected chi connectivity index (χ2v) is 5.96. The van der Waals surface area contributed by atoms with Gasteiger partial charge in [0.2, 0.25) is 5.91 Å². The van der Waals surface area contributed by atoms with Crippen LogP contribution in [0.1, 0.15) is 36.4 Å². The lowest BCUT2D eigenvalue weighted by Crippen LogP contribution is -2.34. The van der Waals surface area contributed by atoms with Gasteiger partial charge < -0.3 is 14.5 Å². The van der Waals surface area contributed by atoms with Crippen LogP contribution in [0, 0.1) is 17.5 Å². The summed E-state index contributed by atoms with van der Waals surface area (Å²) >= 11 is 0. The van der Waals surface area contributed by atoms with Gasteiger partial charge in [-0.2, -0.15) is 0 Å². The summed E-state index contributed by atoms with van der Waals surface area (Å²) in [5.74, 6) is -5.28. The molecule has 152 valence electrons. The Balaban J connectivity index is 2.07. The molecule has 0 spiro atoms. The average molecular weight is 398 g/mol. The fourth-order valence-corrected chi connectivity index (χ4v) is 2.60. The maximum atomic E-state index is 13.7. The first-order valence-electron chi connectivity index (χ1n) is 8.76. The van der Waals surface area contributed by atoms with E-state index in [9.17, 15) is 22.8 Å². The second-order valence-electron chi connectivity index (χ2n) is 5.96. The Morgan fingerprint density at radius 3 is 2.57 bits per heavy atom. The number of carbonyl (C=O) groups is 2. The lowest BCUT2D eigenvalue weighted by molar-refractivity contribution is -0.117. The zero-order valence-electron chi connectivity index (χ0n) is 15.6. The maximum Gasteiger partial charge on any atom is 0.341 e. The predicted octanol–water partition coefficient (Wildman–Crippen LogP) is 3.72. The van der Waals surface area contributed by atoms with Gasteiger partial charge in [-0.25, -0.2) is 18.0 Å². The van der Waals surface area contributed by atoms with E-state index in [0.717, 1.165) is 12.1 Å². The van der Waals surface area contributed by atoms with E-state index in [4.69, 9.17) is 9.15 Å². The minimum Gasteiger partial charge on any atom is -0.467 e. The fraction of sp³-hybridized carbons (Fsp3) is 0.368. The van der Waals surface area contributed by atoms with Crippen molar-refractivity contribution >= 4 is 17.6 Å². The number of anilines is 1. The number of ether oxygens (including phenoxy) is 1. The summed E-state index contributed by atoms with van der Waals surface area (Å²) in [6, 6.07) is 3.15. The molecule has 1 aromatic carbocycles. The molecule has 2 aromatic rings. The van der Waals surface area contributed by atoms with Crippen molar-refractivity contribution < 1.29 is 31.9 Å². The highest BCUT2D eigenvalue weighted by Crippen LogP contribution is 2.20. The summed E-state index contributed by atoms with van der Waals surface area (Å²) in [6.45, 7) is 4.25. The molecule has 0 saturated carbocycles. The number of hydrogen-bond acceptors (Lipinski definition) is 5. The number of rotatable bonds is 9. The zero-order valence-corrected chi connectivity index (χ0v) is 15.6. The highest BCUT2D eigenvalue weighted by molar-refractivity contribution is 5.92. The topological polar surface area (TPSA) is 71.8 Å². The molecule has 0 atom stereocenters. The molecule has 0 unspecified atom stereocenters. The van der Waals surface area contributed by atoms with Crippen molar-refractivity contribution in [2.45, 2.75) is 26.8 Å². The van der Waals surface area contributed by atoms with Crippen molar-refractivity contribution in [1.29, 1.82) is 0 Å². The van der Waals surface area contributed by atoms with Gasteiger partial charge in [0, 0.05) is 0 Å². The van der Waals surface area contributed by atoms with Gasteiger partial charge >= 0.3 is 5.97 Å². The lowest BCUT2D eigenvalue weighted by atomic mass is 10.2. The highest BCUT2D eigenvalue weighted by Gasteiger charge is 2.21. The molecule has 1 aromatic heterocycles. The number of amides is 1. The molecule has 1 heterocycles. The second kappa shape index (κ2) is 9.93. The number of nitrogens with one attached hydrogen (secondary N) is 1. The fourth-order valence-electron chi connectivity index (χ4n) is 2.60. The van der Waals surface area contributed by atoms with E-state index in [2.05, 4.69) is 5.32 Å². The summed E-state index contributed by atoms with van der Waals surface area (Å²) in [7, 11) is 0. The lowest BCUT2D eigenvalue weighted by Gasteiger charge is -2.20. The quantitative estimate of drug-likeness (QED) is 0.515. The molecule has 0 bridgehead atoms. The van der Waals surface area contributed by atoms with Crippen LogP contribution in [0.2, 0.25) is 0 Å². The van der Waals surface area contributed by atoms with Crippen LogP contribution in [-0.2, 0) is 16.1 Å². The van der Waals surface area contributed by atoms with Crippen LogP contribution in [0.3, 0.4) is 0 Å². The van der Waals surface area contributed by atoms with Crippen molar-refractivity contribution in [3.63, 3.8) is 0 Å². The summed E-state index contributed by atoms with van der Waals surface area (Å²) in [5, 5.41) is 2.22. The van der Waals surface area contributed by atoms with E-state index in [-0.39, 0.29) is 25.3 Å². The first kappa shape index (κ1) is 21.5. The van der Waals surface area contributed by atoms with E-state index in [1.807, 2.05) is 6.92 Å². The summed E-state index contributed by atoms with van der Waals surface area (Å²) in [6.07, 6.45) is 2.05. The Morgan fingerprint density at radius 1 is 1.14 bits per heavy atom. The number of esters is 1. The molecule has 0 aliphatic carbocycles. The largest absolute Gasteiger partial charge is 0.467 e. The molecule has 0 saturated heterocycles. The summed E-state index contributed by atoms with van der Waals surface area (Å²) in [4.78, 5) is 25.9. The SMILES string of the molecule is CCCN(CC(=O)Nc1ccc(F)c(F)c1F)Cc1occc1C(=O)OCC. The minimum absolute atomic E-state index is 0.142. The van der Waals surface area contributed by atoms with Gasteiger partial charge in [0.25, 0.3) is 0 Å². The molecule has 28 heavy (non-hydrogen) atoms. The third kappa shape index (κ3) is 5.35. The van der Waals surface area contributed by atoms with E-state index in [0.29, 0.717) is 18.7 Å². The Labute approximate surface area is 160 Å². The van der Waals surface area contributed by atoms with Crippen molar-refractivity contribution in [1.82, 2.24) is 4.90 Å². The van der Waals surface area contributed by atoms with Crippen molar-refractivity contribution in [3.05, 3.63) is 53.2 Å². The average Bonchev–Trinajstić information content (AvgIpc) is 3.11. The smallest absolute Gasteiger partial charge is 0.341 e. The Kier molecular flexibility index (Phi) is 7.62. The number of hydrogen-bond donors (Lipinski definition) is 1. The number of carbonyl (C=O) groups excluding carboxylic acids is 2. The van der Waals surface area contributed by atoms with E-state index in [1.54, 1.807) is 11.8 Å². The van der Waals surface area contributed by atoms with Gasteiger partial charge in [-0.05, 0) is 38.1 Å². The standard InChI is InChI=1S/C19H21F3N2O4/c1-3-8-24(10-15-12(7-9-28-15)19(26)27-4-2)11-16(25)23-14-6-5-13(20)17(21)18(14)22/h5-7,9H,3-4,8,10-11H2,1-2H3,(H,23,25). The Bertz CT molecular complexity index is 839. The Hall–Kier alpha value is -2.81. The number of benzene rings is 1. The van der Waals surface area contributed by atoms with Crippen molar-refractivity contribution in [3.8, 4) is 0 Å². The van der Waals surface area contributed by atoms with E-state index < -0.39 is 35.0 Å². The molecule has 1 N–H and O–H groups in total. The van der Waals surface area contributed by atoms with Crippen LogP contribution in [0.5, 0.6) is 0 Å². The van der Waals surface area contributed by atoms with Gasteiger partial charge in [0.15, 0.2) is 17.5 Å². The molecule has 6 nitrogen and oxygen atoms in total. The van der Waals surface area contributed by atoms with Gasteiger partial charge in [-0.3, -0.25) is 9.69 Å². The molecule has 0 aliphatic heterocycles. The molecule has 0 fully saturated rings. The molecule has 9 heteroatoms. The maximum absolute atomic E-state index is 13.7. The number of furan rings is 1. The number of nitrogens with zero attached hydrogens (tertiary/aromatic N) is 1. The van der Waals surface area contributed by atoms with Gasteiger partial charge in [0.1, 0.15) is 11.3 Å². The predicted molar refractivity (Wildman–Crippen MR) is 95.2 cm³/mol. The molecule has 2 rings (SSSR count). The van der Waals surface area contributed by atoms with Crippen LogP contribution < -0.4 is 5.32 Å². The monoisotopic (exact) mass is 398 g/mol. The van der Waals surface area contributed by atoms with Gasteiger partial charge in [-0.1, -0.05) is 6.92 Å². The molecule has 1 amide bonds. The first-order valence-corrected chi connectivity index (χ1v) is 8.76. The summed E-state index contributed by atoms with van der Waals surface area (Å²) in [5.41, 5.74) is -0.194. The van der Waals surface area contributed by atoms with Gasteiger partial charge in [0.05, 0.1) is 31.6 Å². The highest BCUT2D eigenvalue weighted by atomic mass is 19.2. The Morgan fingerprint density at radius 2 is 1.89 bits per heavy atom. The van der Waals surface area contributed by atoms with E-state index >= 15 is 0 Å². The summed E-state index contributed by atoms with van der Waals surface area (Å²) < 4.78 is 50.3. The van der Waals surface area contributed by atoms with Crippen LogP contribution in [-0.4, -0.2) is 36.5 Å². The third-order valence-corrected chi connectivity index (χ3v) is 3.82. The van der Waals surface area contributed by atoms with Crippen LogP contribution in [0.4, 0.5) is 18.9 Å². The molecular formula is C19H21F3N2O4. The van der Waals surface area contributed by atoms with Crippen LogP contribution in [0.25, 0.3) is 0 Å². The normalized spacial score (nSPS) is 10.9. The minimum atomic E-state index is -1.65. The molecule has 0 radical (unpaired) electrons. The van der Waals surface area contributed by atoms with Crippen molar-refractivity contribution in [2.24, 2.45) is 0 Å². The first-order chi connectivity index (χ1) is 13.4. The van der Waals surface area contributed by atoms with Crippen molar-refractivity contribution in [2.75, 3.05) is 25.0 Å². The number of halogens is 3. The van der Waals surface area contributed by atoms with Crippen LogP contribution in [0.15, 0.2) is 28.9 Å². The third-order valence-electron chi connectivity index (χ3n) is 3.82. The zero-order chi connectivity index (χ0) is 20.7. The van der Waals surface area contributed by atoms with Gasteiger partial charge in [-0.15, -0.1) is 0 Å². The molecular weight excluding hydrogens is 377 g/mol.